The molecule has 0 radical (unpaired) electrons. The monoisotopic (exact) mass is 348 g/mol. The lowest BCUT2D eigenvalue weighted by Crippen LogP contribution is -2.28. The Balaban J connectivity index is 3.61. The highest BCUT2D eigenvalue weighted by molar-refractivity contribution is 4.57. The number of hydrogen-bond acceptors (Lipinski definition) is 5. The Morgan fingerprint density at radius 2 is 1.00 bits per heavy atom. The highest BCUT2D eigenvalue weighted by atomic mass is 16.6. The third-order valence-corrected chi connectivity index (χ3v) is 3.58. The van der Waals surface area contributed by atoms with E-state index in [-0.39, 0.29) is 24.4 Å². The van der Waals surface area contributed by atoms with Crippen LogP contribution in [0.5, 0.6) is 0 Å². The molecule has 5 heteroatoms. The van der Waals surface area contributed by atoms with Crippen LogP contribution in [-0.4, -0.2) is 64.6 Å². The van der Waals surface area contributed by atoms with Crippen LogP contribution in [0.1, 0.15) is 54.4 Å². The predicted octanol–water partition coefficient (Wildman–Crippen LogP) is 3.69. The van der Waals surface area contributed by atoms with E-state index < -0.39 is 0 Å². The van der Waals surface area contributed by atoms with E-state index in [1.807, 2.05) is 20.8 Å². The van der Waals surface area contributed by atoms with E-state index in [1.165, 1.54) is 6.42 Å². The average Bonchev–Trinajstić information content (AvgIpc) is 2.53. The Hall–Kier alpha value is -0.200. The van der Waals surface area contributed by atoms with E-state index in [0.717, 1.165) is 18.9 Å². The molecule has 0 amide bonds. The first-order valence-electron chi connectivity index (χ1n) is 9.30. The zero-order valence-electron chi connectivity index (χ0n) is 16.9. The molecule has 0 aromatic heterocycles. The topological polar surface area (TPSA) is 46.2 Å². The summed E-state index contributed by atoms with van der Waals surface area (Å²) in [6.07, 6.45) is 2.62. The molecule has 0 heterocycles. The van der Waals surface area contributed by atoms with Gasteiger partial charge >= 0.3 is 0 Å². The van der Waals surface area contributed by atoms with Crippen molar-refractivity contribution in [3.05, 3.63) is 0 Å². The maximum atomic E-state index is 5.79. The Labute approximate surface area is 149 Å². The fourth-order valence-corrected chi connectivity index (χ4v) is 2.10. The fourth-order valence-electron chi connectivity index (χ4n) is 2.10. The van der Waals surface area contributed by atoms with Gasteiger partial charge in [0.15, 0.2) is 0 Å². The van der Waals surface area contributed by atoms with Gasteiger partial charge in [-0.25, -0.2) is 0 Å². The van der Waals surface area contributed by atoms with Gasteiger partial charge in [-0.3, -0.25) is 0 Å². The summed E-state index contributed by atoms with van der Waals surface area (Å²) in [6.45, 7) is 15.7. The third kappa shape index (κ3) is 15.3. The van der Waals surface area contributed by atoms with Gasteiger partial charge in [-0.05, 0) is 46.5 Å². The van der Waals surface area contributed by atoms with Crippen LogP contribution in [0.4, 0.5) is 0 Å². The molecule has 0 rings (SSSR count). The molecule has 0 N–H and O–H groups in total. The largest absolute Gasteiger partial charge is 0.382 e. The van der Waals surface area contributed by atoms with Crippen LogP contribution in [0.3, 0.4) is 0 Å². The minimum absolute atomic E-state index is 0.0417. The van der Waals surface area contributed by atoms with Gasteiger partial charge in [-0.1, -0.05) is 13.8 Å². The lowest BCUT2D eigenvalue weighted by molar-refractivity contribution is -0.0906. The summed E-state index contributed by atoms with van der Waals surface area (Å²) < 4.78 is 28.0. The van der Waals surface area contributed by atoms with Crippen molar-refractivity contribution in [1.82, 2.24) is 0 Å². The first-order valence-corrected chi connectivity index (χ1v) is 9.30. The summed E-state index contributed by atoms with van der Waals surface area (Å²) in [4.78, 5) is 0. The Kier molecular flexibility index (Phi) is 15.0. The van der Waals surface area contributed by atoms with Crippen LogP contribution in [0.25, 0.3) is 0 Å². The van der Waals surface area contributed by atoms with E-state index in [4.69, 9.17) is 23.7 Å². The minimum atomic E-state index is 0.0417. The summed E-state index contributed by atoms with van der Waals surface area (Å²) in [5.74, 6) is 0.737. The summed E-state index contributed by atoms with van der Waals surface area (Å²) in [5.41, 5.74) is 0. The van der Waals surface area contributed by atoms with Crippen LogP contribution < -0.4 is 0 Å². The van der Waals surface area contributed by atoms with Gasteiger partial charge in [-0.2, -0.15) is 0 Å². The standard InChI is InChI=1S/C19H40O5/c1-15(2)9-8-10-21-17(4)12-23-19(6)14-24-18(5)13-22-16(3)11-20-7/h15-19H,8-14H2,1-7H3. The van der Waals surface area contributed by atoms with Crippen LogP contribution in [0, 0.1) is 5.92 Å². The summed E-state index contributed by atoms with van der Waals surface area (Å²) >= 11 is 0. The lowest BCUT2D eigenvalue weighted by atomic mass is 10.1. The van der Waals surface area contributed by atoms with Crippen LogP contribution in [0.15, 0.2) is 0 Å². The molecular weight excluding hydrogens is 308 g/mol. The van der Waals surface area contributed by atoms with Gasteiger partial charge in [0, 0.05) is 13.7 Å². The second kappa shape index (κ2) is 15.1. The lowest BCUT2D eigenvalue weighted by Gasteiger charge is -2.21. The van der Waals surface area contributed by atoms with Gasteiger partial charge < -0.3 is 23.7 Å². The van der Waals surface area contributed by atoms with E-state index in [0.29, 0.717) is 26.4 Å². The molecule has 0 saturated carbocycles. The highest BCUT2D eigenvalue weighted by Crippen LogP contribution is 2.06. The Bertz CT molecular complexity index is 272. The van der Waals surface area contributed by atoms with Crippen molar-refractivity contribution in [1.29, 1.82) is 0 Å². The molecule has 24 heavy (non-hydrogen) atoms. The first-order chi connectivity index (χ1) is 11.3. The molecule has 0 aliphatic carbocycles. The van der Waals surface area contributed by atoms with Gasteiger partial charge in [0.1, 0.15) is 0 Å². The summed E-state index contributed by atoms with van der Waals surface area (Å²) in [5, 5.41) is 0. The molecule has 0 spiro atoms. The highest BCUT2D eigenvalue weighted by Gasteiger charge is 2.11. The average molecular weight is 349 g/mol. The van der Waals surface area contributed by atoms with E-state index >= 15 is 0 Å². The molecule has 146 valence electrons. The van der Waals surface area contributed by atoms with Crippen molar-refractivity contribution in [2.24, 2.45) is 5.92 Å². The molecule has 0 fully saturated rings. The van der Waals surface area contributed by atoms with Crippen molar-refractivity contribution in [3.8, 4) is 0 Å². The molecule has 4 atom stereocenters. The van der Waals surface area contributed by atoms with E-state index in [2.05, 4.69) is 20.8 Å². The zero-order valence-corrected chi connectivity index (χ0v) is 16.9. The molecule has 0 aliphatic rings. The van der Waals surface area contributed by atoms with Gasteiger partial charge in [0.05, 0.1) is 50.8 Å². The van der Waals surface area contributed by atoms with Crippen LogP contribution in [0.2, 0.25) is 0 Å². The number of ether oxygens (including phenoxy) is 5. The van der Waals surface area contributed by atoms with E-state index in [9.17, 15) is 0 Å². The SMILES string of the molecule is COCC(C)OCC(C)OCC(C)OCC(C)OCCCC(C)C. The van der Waals surface area contributed by atoms with Gasteiger partial charge in [0.25, 0.3) is 0 Å². The molecule has 4 unspecified atom stereocenters. The molecule has 0 saturated heterocycles. The van der Waals surface area contributed by atoms with Crippen LogP contribution in [-0.2, 0) is 23.7 Å². The molecule has 5 nitrogen and oxygen atoms in total. The Morgan fingerprint density at radius 3 is 1.42 bits per heavy atom. The van der Waals surface area contributed by atoms with E-state index in [1.54, 1.807) is 7.11 Å². The van der Waals surface area contributed by atoms with Crippen LogP contribution >= 0.6 is 0 Å². The maximum Gasteiger partial charge on any atom is 0.0781 e. The summed E-state index contributed by atoms with van der Waals surface area (Å²) in [7, 11) is 1.67. The first kappa shape index (κ1) is 23.8. The van der Waals surface area contributed by atoms with Crippen molar-refractivity contribution >= 4 is 0 Å². The van der Waals surface area contributed by atoms with Crippen molar-refractivity contribution in [3.63, 3.8) is 0 Å². The molecule has 0 aromatic rings. The third-order valence-electron chi connectivity index (χ3n) is 3.58. The van der Waals surface area contributed by atoms with Crippen molar-refractivity contribution in [2.75, 3.05) is 40.1 Å². The molecule has 0 aromatic carbocycles. The van der Waals surface area contributed by atoms with Gasteiger partial charge in [0.2, 0.25) is 0 Å². The number of methoxy groups -OCH3 is 1. The van der Waals surface area contributed by atoms with Gasteiger partial charge in [-0.15, -0.1) is 0 Å². The second-order valence-corrected chi connectivity index (χ2v) is 7.10. The second-order valence-electron chi connectivity index (χ2n) is 7.10. The van der Waals surface area contributed by atoms with Crippen molar-refractivity contribution < 1.29 is 23.7 Å². The minimum Gasteiger partial charge on any atom is -0.382 e. The predicted molar refractivity (Wildman–Crippen MR) is 97.6 cm³/mol. The fraction of sp³-hybridized carbons (Fsp3) is 1.00. The quantitative estimate of drug-likeness (QED) is 0.398. The number of hydrogen-bond donors (Lipinski definition) is 0. The summed E-state index contributed by atoms with van der Waals surface area (Å²) in [6, 6.07) is 0. The normalized spacial score (nSPS) is 17.0. The Morgan fingerprint density at radius 1 is 0.583 bits per heavy atom. The molecule has 0 aliphatic heterocycles. The molecular formula is C19H40O5. The molecule has 0 bridgehead atoms. The zero-order chi connectivity index (χ0) is 18.4. The maximum absolute atomic E-state index is 5.79. The van der Waals surface area contributed by atoms with Crippen molar-refractivity contribution in [2.45, 2.75) is 78.8 Å². The number of rotatable bonds is 16. The smallest absolute Gasteiger partial charge is 0.0781 e.